The fraction of sp³-hybridized carbons (Fsp3) is 0.190. The fourth-order valence-electron chi connectivity index (χ4n) is 3.09. The minimum absolute atomic E-state index is 0.141. The number of carbonyl (C=O) groups is 2. The first-order valence-electron chi connectivity index (χ1n) is 8.70. The van der Waals surface area contributed by atoms with Gasteiger partial charge in [0.15, 0.2) is 0 Å². The van der Waals surface area contributed by atoms with E-state index < -0.39 is 0 Å². The van der Waals surface area contributed by atoms with Crippen LogP contribution in [0.4, 0.5) is 5.82 Å². The van der Waals surface area contributed by atoms with E-state index in [2.05, 4.69) is 4.98 Å². The van der Waals surface area contributed by atoms with Crippen LogP contribution in [0.25, 0.3) is 17.0 Å². The molecule has 1 amide bonds. The number of carbonyl (C=O) groups excluding carboxylic acids is 2. The lowest BCUT2D eigenvalue weighted by Gasteiger charge is -2.14. The maximum absolute atomic E-state index is 12.5. The van der Waals surface area contributed by atoms with Crippen molar-refractivity contribution in [3.8, 4) is 0 Å². The van der Waals surface area contributed by atoms with Crippen LogP contribution in [0.3, 0.4) is 0 Å². The molecular formula is C21H22N4O3. The number of rotatable bonds is 5. The first kappa shape index (κ1) is 19.2. The molecule has 1 aromatic carbocycles. The summed E-state index contributed by atoms with van der Waals surface area (Å²) in [6.07, 6.45) is 6.73. The first-order chi connectivity index (χ1) is 13.4. The van der Waals surface area contributed by atoms with Crippen molar-refractivity contribution in [2.45, 2.75) is 6.54 Å². The van der Waals surface area contributed by atoms with Gasteiger partial charge in [-0.05, 0) is 35.4 Å². The van der Waals surface area contributed by atoms with Gasteiger partial charge >= 0.3 is 5.97 Å². The number of aryl methyl sites for hydroxylation is 1. The normalized spacial score (nSPS) is 11.1. The quantitative estimate of drug-likeness (QED) is 0.544. The number of likely N-dealkylation sites (N-methyl/N-ethyl adjacent to an activating group) is 1. The number of fused-ring (bicyclic) bond motifs is 1. The van der Waals surface area contributed by atoms with Gasteiger partial charge in [0.25, 0.3) is 0 Å². The number of nitrogens with zero attached hydrogens (tertiary/aromatic N) is 3. The van der Waals surface area contributed by atoms with E-state index in [1.54, 1.807) is 42.4 Å². The van der Waals surface area contributed by atoms with E-state index in [4.69, 9.17) is 10.5 Å². The number of benzene rings is 1. The molecule has 0 atom stereocenters. The molecule has 2 heterocycles. The summed E-state index contributed by atoms with van der Waals surface area (Å²) in [5.41, 5.74) is 8.59. The van der Waals surface area contributed by atoms with Gasteiger partial charge in [0.05, 0.1) is 18.2 Å². The average molecular weight is 378 g/mol. The number of amides is 1. The van der Waals surface area contributed by atoms with Crippen LogP contribution < -0.4 is 5.73 Å². The molecule has 2 N–H and O–H groups in total. The fourth-order valence-corrected chi connectivity index (χ4v) is 3.09. The highest BCUT2D eigenvalue weighted by atomic mass is 16.5. The molecule has 0 bridgehead atoms. The maximum atomic E-state index is 12.5. The second-order valence-electron chi connectivity index (χ2n) is 6.50. The van der Waals surface area contributed by atoms with Gasteiger partial charge in [0.1, 0.15) is 5.82 Å². The topological polar surface area (TPSA) is 90.4 Å². The van der Waals surface area contributed by atoms with Crippen molar-refractivity contribution in [2.75, 3.05) is 19.9 Å². The van der Waals surface area contributed by atoms with Crippen LogP contribution in [0.5, 0.6) is 0 Å². The van der Waals surface area contributed by atoms with Crippen molar-refractivity contribution >= 4 is 34.7 Å². The van der Waals surface area contributed by atoms with Gasteiger partial charge in [0, 0.05) is 44.5 Å². The minimum atomic E-state index is -0.386. The number of methoxy groups -OCH3 is 1. The molecule has 3 aromatic rings. The number of hydrogen-bond acceptors (Lipinski definition) is 5. The third-order valence-corrected chi connectivity index (χ3v) is 4.50. The number of nitrogens with two attached hydrogens (primary N) is 1. The highest BCUT2D eigenvalue weighted by Gasteiger charge is 2.17. The van der Waals surface area contributed by atoms with Crippen LogP contribution in [-0.2, 0) is 23.1 Å². The lowest BCUT2D eigenvalue weighted by atomic mass is 10.1. The largest absolute Gasteiger partial charge is 0.465 e. The van der Waals surface area contributed by atoms with Gasteiger partial charge in [-0.2, -0.15) is 0 Å². The molecule has 3 rings (SSSR count). The third-order valence-electron chi connectivity index (χ3n) is 4.50. The predicted molar refractivity (Wildman–Crippen MR) is 108 cm³/mol. The Morgan fingerprint density at radius 3 is 2.75 bits per heavy atom. The van der Waals surface area contributed by atoms with E-state index in [1.165, 1.54) is 13.2 Å². The van der Waals surface area contributed by atoms with E-state index >= 15 is 0 Å². The molecular weight excluding hydrogens is 356 g/mol. The zero-order chi connectivity index (χ0) is 20.3. The van der Waals surface area contributed by atoms with Gasteiger partial charge in [-0.25, -0.2) is 9.78 Å². The molecule has 0 aliphatic heterocycles. The van der Waals surface area contributed by atoms with E-state index in [0.29, 0.717) is 17.9 Å². The molecule has 0 aliphatic carbocycles. The summed E-state index contributed by atoms with van der Waals surface area (Å²) in [5.74, 6) is -0.0938. The Bertz CT molecular complexity index is 1050. The number of anilines is 1. The van der Waals surface area contributed by atoms with Crippen LogP contribution >= 0.6 is 0 Å². The second kappa shape index (κ2) is 7.96. The van der Waals surface area contributed by atoms with Gasteiger partial charge in [-0.15, -0.1) is 0 Å². The summed E-state index contributed by atoms with van der Waals surface area (Å²) >= 11 is 0. The molecule has 0 saturated carbocycles. The zero-order valence-electron chi connectivity index (χ0n) is 16.0. The molecule has 28 heavy (non-hydrogen) atoms. The molecule has 0 spiro atoms. The Morgan fingerprint density at radius 2 is 2.07 bits per heavy atom. The van der Waals surface area contributed by atoms with Gasteiger partial charge < -0.3 is 19.9 Å². The van der Waals surface area contributed by atoms with Crippen LogP contribution in [0.2, 0.25) is 0 Å². The Balaban J connectivity index is 1.81. The van der Waals surface area contributed by atoms with E-state index in [1.807, 2.05) is 29.9 Å². The van der Waals surface area contributed by atoms with Crippen molar-refractivity contribution < 1.29 is 14.3 Å². The zero-order valence-corrected chi connectivity index (χ0v) is 16.0. The van der Waals surface area contributed by atoms with E-state index in [9.17, 15) is 9.59 Å². The number of aromatic nitrogens is 2. The smallest absolute Gasteiger partial charge is 0.340 e. The Hall–Kier alpha value is -3.61. The predicted octanol–water partition coefficient (Wildman–Crippen LogP) is 2.61. The highest BCUT2D eigenvalue weighted by molar-refractivity contribution is 6.04. The van der Waals surface area contributed by atoms with Crippen molar-refractivity contribution in [2.24, 2.45) is 7.05 Å². The first-order valence-corrected chi connectivity index (χ1v) is 8.70. The highest BCUT2D eigenvalue weighted by Crippen LogP contribution is 2.25. The molecule has 0 radical (unpaired) electrons. The second-order valence-corrected chi connectivity index (χ2v) is 6.50. The molecule has 7 nitrogen and oxygen atoms in total. The number of para-hydroxylation sites is 1. The van der Waals surface area contributed by atoms with Crippen LogP contribution in [0, 0.1) is 0 Å². The lowest BCUT2D eigenvalue weighted by Crippen LogP contribution is -2.24. The summed E-state index contributed by atoms with van der Waals surface area (Å²) in [4.78, 5) is 30.1. The summed E-state index contributed by atoms with van der Waals surface area (Å²) < 4.78 is 6.75. The maximum Gasteiger partial charge on any atom is 0.340 e. The number of ether oxygens (including phenoxy) is 1. The van der Waals surface area contributed by atoms with E-state index in [0.717, 1.165) is 22.0 Å². The van der Waals surface area contributed by atoms with Gasteiger partial charge in [-0.1, -0.05) is 12.1 Å². The molecule has 0 aliphatic rings. The minimum Gasteiger partial charge on any atom is -0.465 e. The SMILES string of the molecule is COC(=O)c1cccc2c(CN(C)C(=O)C=Cc3ccc(N)nc3)cn(C)c12. The number of hydrogen-bond donors (Lipinski definition) is 1. The molecule has 0 unspecified atom stereocenters. The monoisotopic (exact) mass is 378 g/mol. The Kier molecular flexibility index (Phi) is 5.44. The van der Waals surface area contributed by atoms with Crippen LogP contribution in [0.1, 0.15) is 21.5 Å². The molecule has 0 fully saturated rings. The van der Waals surface area contributed by atoms with Crippen molar-refractivity contribution in [3.05, 3.63) is 65.5 Å². The van der Waals surface area contributed by atoms with Gasteiger partial charge in [0.2, 0.25) is 5.91 Å². The number of esters is 1. The number of nitrogen functional groups attached to an aromatic ring is 1. The summed E-state index contributed by atoms with van der Waals surface area (Å²) in [6.45, 7) is 0.408. The summed E-state index contributed by atoms with van der Waals surface area (Å²) in [6, 6.07) is 8.96. The molecule has 2 aromatic heterocycles. The molecule has 144 valence electrons. The lowest BCUT2D eigenvalue weighted by molar-refractivity contribution is -0.125. The van der Waals surface area contributed by atoms with Crippen molar-refractivity contribution in [1.82, 2.24) is 14.5 Å². The van der Waals surface area contributed by atoms with E-state index in [-0.39, 0.29) is 11.9 Å². The molecule has 0 saturated heterocycles. The Morgan fingerprint density at radius 1 is 1.29 bits per heavy atom. The van der Waals surface area contributed by atoms with Gasteiger partial charge in [-0.3, -0.25) is 4.79 Å². The molecule has 7 heteroatoms. The Labute approximate surface area is 163 Å². The average Bonchev–Trinajstić information content (AvgIpc) is 3.02. The standard InChI is InChI=1S/C21H22N4O3/c1-24(19(26)10-8-14-7-9-18(22)23-11-14)12-15-13-25(2)20-16(15)5-4-6-17(20)21(27)28-3/h4-11,13H,12H2,1-3H3,(H2,22,23). The summed E-state index contributed by atoms with van der Waals surface area (Å²) in [5, 5.41) is 0.914. The van der Waals surface area contributed by atoms with Crippen molar-refractivity contribution in [1.29, 1.82) is 0 Å². The number of pyridine rings is 1. The van der Waals surface area contributed by atoms with Crippen LogP contribution in [-0.4, -0.2) is 40.5 Å². The third kappa shape index (κ3) is 3.88. The van der Waals surface area contributed by atoms with Crippen LogP contribution in [0.15, 0.2) is 48.8 Å². The van der Waals surface area contributed by atoms with Crippen molar-refractivity contribution in [3.63, 3.8) is 0 Å². The summed E-state index contributed by atoms with van der Waals surface area (Å²) in [7, 11) is 4.96.